The summed E-state index contributed by atoms with van der Waals surface area (Å²) in [6.07, 6.45) is -0.00775. The van der Waals surface area contributed by atoms with Crippen molar-refractivity contribution in [3.8, 4) is 11.1 Å². The standard InChI is InChI=1S/C23H28N2O5/c1-23(2,3)30-22(29)24-14-8-13-19(21(27)28)25-20(26)18-12-7-11-17(15-18)16-9-5-4-6-10-16/h4-7,9-12,15,19H,8,13-14H2,1-3H3,(H,24,29)(H,25,26)(H,27,28)/t19-/m0/s1. The van der Waals surface area contributed by atoms with Crippen LogP contribution in [0, 0.1) is 0 Å². The molecule has 160 valence electrons. The third kappa shape index (κ3) is 7.58. The molecule has 0 radical (unpaired) electrons. The minimum Gasteiger partial charge on any atom is -0.480 e. The molecule has 2 aromatic carbocycles. The molecular weight excluding hydrogens is 384 g/mol. The van der Waals surface area contributed by atoms with Gasteiger partial charge in [-0.1, -0.05) is 42.5 Å². The molecule has 2 rings (SSSR count). The summed E-state index contributed by atoms with van der Waals surface area (Å²) in [5.74, 6) is -1.58. The summed E-state index contributed by atoms with van der Waals surface area (Å²) in [6, 6.07) is 15.6. The van der Waals surface area contributed by atoms with Crippen LogP contribution in [0.4, 0.5) is 4.79 Å². The molecule has 2 aromatic rings. The van der Waals surface area contributed by atoms with Gasteiger partial charge < -0.3 is 20.5 Å². The van der Waals surface area contributed by atoms with E-state index in [1.165, 1.54) is 0 Å². The van der Waals surface area contributed by atoms with Crippen molar-refractivity contribution in [1.82, 2.24) is 10.6 Å². The zero-order valence-corrected chi connectivity index (χ0v) is 17.5. The molecule has 0 saturated carbocycles. The van der Waals surface area contributed by atoms with Crippen LogP contribution < -0.4 is 10.6 Å². The van der Waals surface area contributed by atoms with Crippen LogP contribution in [0.3, 0.4) is 0 Å². The summed E-state index contributed by atoms with van der Waals surface area (Å²) < 4.78 is 5.13. The Morgan fingerprint density at radius 2 is 1.67 bits per heavy atom. The maximum Gasteiger partial charge on any atom is 0.407 e. The first kappa shape index (κ1) is 22.9. The van der Waals surface area contributed by atoms with Gasteiger partial charge in [-0.2, -0.15) is 0 Å². The summed E-state index contributed by atoms with van der Waals surface area (Å²) in [5, 5.41) is 14.6. The summed E-state index contributed by atoms with van der Waals surface area (Å²) in [4.78, 5) is 35.7. The van der Waals surface area contributed by atoms with E-state index in [0.29, 0.717) is 12.0 Å². The lowest BCUT2D eigenvalue weighted by Gasteiger charge is -2.20. The van der Waals surface area contributed by atoms with Crippen LogP contribution in [0.5, 0.6) is 0 Å². The summed E-state index contributed by atoms with van der Waals surface area (Å²) in [5.41, 5.74) is 1.62. The highest BCUT2D eigenvalue weighted by Crippen LogP contribution is 2.20. The number of amides is 2. The van der Waals surface area contributed by atoms with E-state index in [2.05, 4.69) is 10.6 Å². The van der Waals surface area contributed by atoms with Crippen LogP contribution in [0.1, 0.15) is 44.0 Å². The van der Waals surface area contributed by atoms with Crippen LogP contribution in [0.15, 0.2) is 54.6 Å². The van der Waals surface area contributed by atoms with E-state index < -0.39 is 29.6 Å². The Kier molecular flexibility index (Phi) is 7.98. The van der Waals surface area contributed by atoms with Gasteiger partial charge >= 0.3 is 12.1 Å². The number of nitrogens with one attached hydrogen (secondary N) is 2. The fourth-order valence-electron chi connectivity index (χ4n) is 2.78. The smallest absolute Gasteiger partial charge is 0.407 e. The summed E-state index contributed by atoms with van der Waals surface area (Å²) >= 11 is 0. The van der Waals surface area contributed by atoms with Crippen molar-refractivity contribution in [3.05, 3.63) is 60.2 Å². The normalized spacial score (nSPS) is 12.0. The van der Waals surface area contributed by atoms with E-state index in [1.54, 1.807) is 39.0 Å². The molecule has 0 aliphatic rings. The molecule has 0 heterocycles. The lowest BCUT2D eigenvalue weighted by atomic mass is 10.0. The SMILES string of the molecule is CC(C)(C)OC(=O)NCCC[C@H](NC(=O)c1cccc(-c2ccccc2)c1)C(=O)O. The number of carboxylic acids is 1. The van der Waals surface area contributed by atoms with Gasteiger partial charge in [0.25, 0.3) is 5.91 Å². The fraction of sp³-hybridized carbons (Fsp3) is 0.348. The Hall–Kier alpha value is -3.35. The first-order chi connectivity index (χ1) is 14.2. The maximum absolute atomic E-state index is 12.6. The van der Waals surface area contributed by atoms with Crippen molar-refractivity contribution in [2.75, 3.05) is 6.54 Å². The van der Waals surface area contributed by atoms with Gasteiger partial charge in [0, 0.05) is 12.1 Å². The number of benzene rings is 2. The third-order valence-electron chi connectivity index (χ3n) is 4.17. The van der Waals surface area contributed by atoms with E-state index >= 15 is 0 Å². The molecule has 0 fully saturated rings. The Balaban J connectivity index is 1.91. The van der Waals surface area contributed by atoms with E-state index in [0.717, 1.165) is 11.1 Å². The monoisotopic (exact) mass is 412 g/mol. The Morgan fingerprint density at radius 1 is 1.00 bits per heavy atom. The highest BCUT2D eigenvalue weighted by molar-refractivity contribution is 5.97. The van der Waals surface area contributed by atoms with Crippen molar-refractivity contribution in [3.63, 3.8) is 0 Å². The third-order valence-corrected chi connectivity index (χ3v) is 4.17. The predicted octanol–water partition coefficient (Wildman–Crippen LogP) is 3.84. The maximum atomic E-state index is 12.6. The molecule has 0 aliphatic heterocycles. The van der Waals surface area contributed by atoms with E-state index in [4.69, 9.17) is 4.74 Å². The Labute approximate surface area is 176 Å². The van der Waals surface area contributed by atoms with E-state index in [-0.39, 0.29) is 13.0 Å². The first-order valence-electron chi connectivity index (χ1n) is 9.82. The van der Waals surface area contributed by atoms with E-state index in [9.17, 15) is 19.5 Å². The van der Waals surface area contributed by atoms with Crippen LogP contribution in [-0.2, 0) is 9.53 Å². The summed E-state index contributed by atoms with van der Waals surface area (Å²) in [7, 11) is 0. The second kappa shape index (κ2) is 10.4. The van der Waals surface area contributed by atoms with E-state index in [1.807, 2.05) is 36.4 Å². The van der Waals surface area contributed by atoms with Crippen LogP contribution in [0.25, 0.3) is 11.1 Å². The lowest BCUT2D eigenvalue weighted by Crippen LogP contribution is -2.41. The molecule has 0 aromatic heterocycles. The number of hydrogen-bond acceptors (Lipinski definition) is 4. The molecule has 0 spiro atoms. The van der Waals surface area contributed by atoms with Crippen molar-refractivity contribution < 1.29 is 24.2 Å². The number of rotatable bonds is 8. The topological polar surface area (TPSA) is 105 Å². The van der Waals surface area contributed by atoms with Gasteiger partial charge in [0.05, 0.1) is 0 Å². The molecule has 0 aliphatic carbocycles. The number of carbonyl (C=O) groups excluding carboxylic acids is 2. The first-order valence-corrected chi connectivity index (χ1v) is 9.82. The molecule has 0 unspecified atom stereocenters. The highest BCUT2D eigenvalue weighted by atomic mass is 16.6. The van der Waals surface area contributed by atoms with Gasteiger partial charge in [0.1, 0.15) is 11.6 Å². The van der Waals surface area contributed by atoms with Crippen molar-refractivity contribution in [2.45, 2.75) is 45.3 Å². The number of carbonyl (C=O) groups is 3. The zero-order valence-electron chi connectivity index (χ0n) is 17.5. The highest BCUT2D eigenvalue weighted by Gasteiger charge is 2.21. The van der Waals surface area contributed by atoms with Crippen molar-refractivity contribution >= 4 is 18.0 Å². The molecule has 3 N–H and O–H groups in total. The molecule has 1 atom stereocenters. The number of ether oxygens (including phenoxy) is 1. The Bertz CT molecular complexity index is 875. The largest absolute Gasteiger partial charge is 0.480 e. The second-order valence-electron chi connectivity index (χ2n) is 7.88. The predicted molar refractivity (Wildman–Crippen MR) is 114 cm³/mol. The van der Waals surface area contributed by atoms with Crippen LogP contribution >= 0.6 is 0 Å². The zero-order chi connectivity index (χ0) is 22.1. The fourth-order valence-corrected chi connectivity index (χ4v) is 2.78. The molecule has 0 bridgehead atoms. The Morgan fingerprint density at radius 3 is 2.30 bits per heavy atom. The number of carboxylic acid groups (broad SMARTS) is 1. The quantitative estimate of drug-likeness (QED) is 0.572. The number of hydrogen-bond donors (Lipinski definition) is 3. The van der Waals surface area contributed by atoms with Crippen molar-refractivity contribution in [1.29, 1.82) is 0 Å². The summed E-state index contributed by atoms with van der Waals surface area (Å²) in [6.45, 7) is 5.53. The van der Waals surface area contributed by atoms with Crippen LogP contribution in [0.2, 0.25) is 0 Å². The van der Waals surface area contributed by atoms with Crippen LogP contribution in [-0.4, -0.2) is 41.3 Å². The average molecular weight is 412 g/mol. The lowest BCUT2D eigenvalue weighted by molar-refractivity contribution is -0.139. The number of alkyl carbamates (subject to hydrolysis) is 1. The minimum atomic E-state index is -1.13. The van der Waals surface area contributed by atoms with Gasteiger partial charge in [-0.05, 0) is 56.9 Å². The van der Waals surface area contributed by atoms with Gasteiger partial charge in [0.15, 0.2) is 0 Å². The van der Waals surface area contributed by atoms with Crippen molar-refractivity contribution in [2.24, 2.45) is 0 Å². The average Bonchev–Trinajstić information content (AvgIpc) is 2.69. The second-order valence-corrected chi connectivity index (χ2v) is 7.88. The molecule has 7 heteroatoms. The molecule has 2 amide bonds. The van der Waals surface area contributed by atoms with Gasteiger partial charge in [-0.15, -0.1) is 0 Å². The molecule has 30 heavy (non-hydrogen) atoms. The molecule has 0 saturated heterocycles. The van der Waals surface area contributed by atoms with Gasteiger partial charge in [0.2, 0.25) is 0 Å². The van der Waals surface area contributed by atoms with Gasteiger partial charge in [-0.25, -0.2) is 9.59 Å². The molecular formula is C23H28N2O5. The van der Waals surface area contributed by atoms with Gasteiger partial charge in [-0.3, -0.25) is 4.79 Å². The molecule has 7 nitrogen and oxygen atoms in total. The minimum absolute atomic E-state index is 0.176. The number of aliphatic carboxylic acids is 1.